The molecule has 3 amide bonds. The fourth-order valence-electron chi connectivity index (χ4n) is 3.50. The highest BCUT2D eigenvalue weighted by Gasteiger charge is 2.39. The van der Waals surface area contributed by atoms with E-state index >= 15 is 0 Å². The standard InChI is InChI=1S/C20H18N2O5S/c23-9-12-4-6-13(7-5-12)27-10-17-14-8-22(20(26)15(14)11-28-17)16-2-1-3-18(24)21-19(16)25/h4-7,9,11,16H,1-3,8,10H2,(H,21,24,25)/t16-/m0/s1. The summed E-state index contributed by atoms with van der Waals surface area (Å²) in [7, 11) is 0. The van der Waals surface area contributed by atoms with E-state index in [-0.39, 0.29) is 11.8 Å². The number of nitrogens with one attached hydrogen (secondary N) is 1. The van der Waals surface area contributed by atoms with E-state index in [2.05, 4.69) is 5.32 Å². The quantitative estimate of drug-likeness (QED) is 0.616. The highest BCUT2D eigenvalue weighted by Crippen LogP contribution is 2.34. The molecule has 144 valence electrons. The number of hydrogen-bond acceptors (Lipinski definition) is 6. The number of thiophene rings is 1. The van der Waals surface area contributed by atoms with Crippen LogP contribution in [-0.4, -0.2) is 34.9 Å². The Bertz CT molecular complexity index is 950. The number of imide groups is 1. The van der Waals surface area contributed by atoms with E-state index in [1.165, 1.54) is 11.3 Å². The third-order valence-corrected chi connectivity index (χ3v) is 6.01. The van der Waals surface area contributed by atoms with Crippen LogP contribution in [-0.2, 0) is 22.7 Å². The molecule has 0 radical (unpaired) electrons. The maximum Gasteiger partial charge on any atom is 0.256 e. The lowest BCUT2D eigenvalue weighted by Gasteiger charge is -2.25. The van der Waals surface area contributed by atoms with Gasteiger partial charge in [-0.1, -0.05) is 0 Å². The molecule has 2 aliphatic rings. The van der Waals surface area contributed by atoms with Crippen molar-refractivity contribution in [2.75, 3.05) is 0 Å². The SMILES string of the molecule is O=Cc1ccc(OCc2scc3c2CN([C@H]2CCCC(=O)NC2=O)C3=O)cc1. The summed E-state index contributed by atoms with van der Waals surface area (Å²) in [6.45, 7) is 0.642. The predicted molar refractivity (Wildman–Crippen MR) is 101 cm³/mol. The Hall–Kier alpha value is -3.00. The molecule has 1 N–H and O–H groups in total. The summed E-state index contributed by atoms with van der Waals surface area (Å²) >= 11 is 1.45. The molecule has 8 heteroatoms. The van der Waals surface area contributed by atoms with E-state index in [9.17, 15) is 19.2 Å². The van der Waals surface area contributed by atoms with Gasteiger partial charge in [-0.2, -0.15) is 0 Å². The van der Waals surface area contributed by atoms with Crippen molar-refractivity contribution in [2.45, 2.75) is 38.5 Å². The molecule has 2 aromatic rings. The van der Waals surface area contributed by atoms with Crippen molar-refractivity contribution in [1.29, 1.82) is 0 Å². The molecule has 28 heavy (non-hydrogen) atoms. The van der Waals surface area contributed by atoms with Gasteiger partial charge >= 0.3 is 0 Å². The predicted octanol–water partition coefficient (Wildman–Crippen LogP) is 2.29. The van der Waals surface area contributed by atoms with Gasteiger partial charge in [0.15, 0.2) is 0 Å². The van der Waals surface area contributed by atoms with Crippen molar-refractivity contribution in [3.8, 4) is 5.75 Å². The monoisotopic (exact) mass is 398 g/mol. The van der Waals surface area contributed by atoms with E-state index in [0.717, 1.165) is 16.7 Å². The fourth-order valence-corrected chi connectivity index (χ4v) is 4.45. The first-order valence-corrected chi connectivity index (χ1v) is 9.86. The number of ether oxygens (including phenoxy) is 1. The van der Waals surface area contributed by atoms with Gasteiger partial charge in [-0.05, 0) is 37.1 Å². The Morgan fingerprint density at radius 2 is 2.00 bits per heavy atom. The van der Waals surface area contributed by atoms with Crippen molar-refractivity contribution in [3.05, 3.63) is 51.2 Å². The second-order valence-electron chi connectivity index (χ2n) is 6.78. The topological polar surface area (TPSA) is 92.8 Å². The Morgan fingerprint density at radius 3 is 2.75 bits per heavy atom. The van der Waals surface area contributed by atoms with Crippen LogP contribution < -0.4 is 10.1 Å². The van der Waals surface area contributed by atoms with Crippen molar-refractivity contribution < 1.29 is 23.9 Å². The van der Waals surface area contributed by atoms with Crippen LogP contribution in [0.3, 0.4) is 0 Å². The van der Waals surface area contributed by atoms with Crippen LogP contribution in [0.25, 0.3) is 0 Å². The van der Waals surface area contributed by atoms with Gasteiger partial charge in [-0.15, -0.1) is 11.3 Å². The fraction of sp³-hybridized carbons (Fsp3) is 0.300. The minimum atomic E-state index is -0.624. The molecule has 2 aliphatic heterocycles. The zero-order valence-electron chi connectivity index (χ0n) is 15.0. The molecule has 0 aliphatic carbocycles. The molecule has 1 aromatic carbocycles. The average molecular weight is 398 g/mol. The van der Waals surface area contributed by atoms with Gasteiger partial charge in [-0.3, -0.25) is 24.5 Å². The van der Waals surface area contributed by atoms with Crippen LogP contribution in [0.4, 0.5) is 0 Å². The van der Waals surface area contributed by atoms with Crippen LogP contribution in [0.1, 0.15) is 50.4 Å². The molecule has 1 saturated heterocycles. The van der Waals surface area contributed by atoms with E-state index in [0.29, 0.717) is 49.3 Å². The maximum absolute atomic E-state index is 12.8. The van der Waals surface area contributed by atoms with E-state index < -0.39 is 11.9 Å². The molecule has 1 fully saturated rings. The maximum atomic E-state index is 12.8. The molecule has 4 rings (SSSR count). The lowest BCUT2D eigenvalue weighted by molar-refractivity contribution is -0.132. The molecular weight excluding hydrogens is 380 g/mol. The number of carbonyl (C=O) groups excluding carboxylic acids is 4. The molecule has 7 nitrogen and oxygen atoms in total. The lowest BCUT2D eigenvalue weighted by Crippen LogP contribution is -2.47. The Balaban J connectivity index is 1.47. The summed E-state index contributed by atoms with van der Waals surface area (Å²) in [5.74, 6) is -0.237. The van der Waals surface area contributed by atoms with E-state index in [1.54, 1.807) is 34.5 Å². The Kier molecular flexibility index (Phi) is 4.95. The zero-order valence-corrected chi connectivity index (χ0v) is 15.8. The van der Waals surface area contributed by atoms with Crippen molar-refractivity contribution in [1.82, 2.24) is 10.2 Å². The summed E-state index contributed by atoms with van der Waals surface area (Å²) < 4.78 is 5.79. The minimum Gasteiger partial charge on any atom is -0.488 e. The molecular formula is C20H18N2O5S. The van der Waals surface area contributed by atoms with Crippen LogP contribution >= 0.6 is 11.3 Å². The zero-order chi connectivity index (χ0) is 19.7. The van der Waals surface area contributed by atoms with Gasteiger partial charge in [0, 0.05) is 34.3 Å². The number of fused-ring (bicyclic) bond motifs is 1. The molecule has 3 heterocycles. The number of amides is 3. The van der Waals surface area contributed by atoms with Crippen LogP contribution in [0.15, 0.2) is 29.6 Å². The largest absolute Gasteiger partial charge is 0.488 e. The summed E-state index contributed by atoms with van der Waals surface area (Å²) in [6.07, 6.45) is 2.12. The second-order valence-corrected chi connectivity index (χ2v) is 7.74. The first kappa shape index (κ1) is 18.4. The van der Waals surface area contributed by atoms with E-state index in [4.69, 9.17) is 4.74 Å². The lowest BCUT2D eigenvalue weighted by atomic mass is 10.1. The van der Waals surface area contributed by atoms with Crippen LogP contribution in [0.2, 0.25) is 0 Å². The summed E-state index contributed by atoms with van der Waals surface area (Å²) in [6, 6.07) is 6.18. The van der Waals surface area contributed by atoms with Crippen LogP contribution in [0, 0.1) is 0 Å². The third kappa shape index (κ3) is 3.43. The van der Waals surface area contributed by atoms with Crippen molar-refractivity contribution >= 4 is 35.3 Å². The molecule has 0 bridgehead atoms. The van der Waals surface area contributed by atoms with Gasteiger partial charge in [0.25, 0.3) is 5.91 Å². The Morgan fingerprint density at radius 1 is 1.21 bits per heavy atom. The van der Waals surface area contributed by atoms with Gasteiger partial charge in [0.05, 0.1) is 5.56 Å². The highest BCUT2D eigenvalue weighted by atomic mass is 32.1. The van der Waals surface area contributed by atoms with Crippen LogP contribution in [0.5, 0.6) is 5.75 Å². The molecule has 0 spiro atoms. The normalized spacial score (nSPS) is 19.2. The molecule has 0 saturated carbocycles. The number of hydrogen-bond donors (Lipinski definition) is 1. The van der Waals surface area contributed by atoms with Gasteiger partial charge < -0.3 is 9.64 Å². The first-order valence-electron chi connectivity index (χ1n) is 8.99. The van der Waals surface area contributed by atoms with Crippen molar-refractivity contribution in [3.63, 3.8) is 0 Å². The number of aldehydes is 1. The summed E-state index contributed by atoms with van der Waals surface area (Å²) in [4.78, 5) is 49.8. The summed E-state index contributed by atoms with van der Waals surface area (Å²) in [5, 5.41) is 4.16. The average Bonchev–Trinajstić information content (AvgIpc) is 3.18. The molecule has 1 atom stereocenters. The first-order chi connectivity index (χ1) is 13.6. The number of nitrogens with zero attached hydrogens (tertiary/aromatic N) is 1. The van der Waals surface area contributed by atoms with E-state index in [1.807, 2.05) is 0 Å². The highest BCUT2D eigenvalue weighted by molar-refractivity contribution is 7.10. The van der Waals surface area contributed by atoms with Gasteiger partial charge in [0.2, 0.25) is 11.8 Å². The summed E-state index contributed by atoms with van der Waals surface area (Å²) in [5.41, 5.74) is 2.05. The van der Waals surface area contributed by atoms with Gasteiger partial charge in [-0.25, -0.2) is 0 Å². The molecule has 1 aromatic heterocycles. The second kappa shape index (κ2) is 7.55. The van der Waals surface area contributed by atoms with Gasteiger partial charge in [0.1, 0.15) is 24.7 Å². The third-order valence-electron chi connectivity index (χ3n) is 5.01. The smallest absolute Gasteiger partial charge is 0.256 e. The van der Waals surface area contributed by atoms with Crippen molar-refractivity contribution in [2.24, 2.45) is 0 Å². The Labute approximate surface area is 165 Å². The number of rotatable bonds is 5. The molecule has 0 unspecified atom stereocenters. The minimum absolute atomic E-state index is 0.178. The number of benzene rings is 1. The number of carbonyl (C=O) groups is 4.